The number of benzene rings is 2. The van der Waals surface area contributed by atoms with Crippen molar-refractivity contribution in [1.82, 2.24) is 9.13 Å². The molecule has 7 nitrogen and oxygen atoms in total. The maximum absolute atomic E-state index is 13.4. The minimum absolute atomic E-state index is 0.0299. The fourth-order valence-electron chi connectivity index (χ4n) is 3.68. The molecule has 0 radical (unpaired) electrons. The topological polar surface area (TPSA) is 87.1 Å². The normalized spacial score (nSPS) is 11.2. The van der Waals surface area contributed by atoms with Gasteiger partial charge in [0.2, 0.25) is 0 Å². The molecule has 2 aromatic heterocycles. The van der Waals surface area contributed by atoms with Gasteiger partial charge in [0.1, 0.15) is 4.83 Å². The molecule has 0 aliphatic carbocycles. The Labute approximate surface area is 182 Å². The van der Waals surface area contributed by atoms with Crippen LogP contribution in [0.5, 0.6) is 0 Å². The number of nitro benzene ring substituents is 1. The predicted molar refractivity (Wildman–Crippen MR) is 122 cm³/mol. The van der Waals surface area contributed by atoms with E-state index < -0.39 is 10.6 Å². The number of fused-ring (bicyclic) bond motifs is 1. The second-order valence-electron chi connectivity index (χ2n) is 7.45. The fraction of sp³-hybridized carbons (Fsp3) is 0.217. The van der Waals surface area contributed by atoms with Gasteiger partial charge in [-0.2, -0.15) is 0 Å². The molecule has 0 saturated carbocycles. The minimum atomic E-state index is -0.456. The number of hydrogen-bond donors (Lipinski definition) is 0. The van der Waals surface area contributed by atoms with Crippen LogP contribution in [0.2, 0.25) is 0 Å². The molecule has 0 saturated heterocycles. The third-order valence-electron chi connectivity index (χ3n) is 5.46. The second kappa shape index (κ2) is 8.31. The van der Waals surface area contributed by atoms with Gasteiger partial charge < -0.3 is 0 Å². The lowest BCUT2D eigenvalue weighted by atomic mass is 10.1. The van der Waals surface area contributed by atoms with E-state index in [9.17, 15) is 19.7 Å². The number of nitrogens with zero attached hydrogens (tertiary/aromatic N) is 3. The summed E-state index contributed by atoms with van der Waals surface area (Å²) < 4.78 is 2.84. The van der Waals surface area contributed by atoms with E-state index in [1.54, 1.807) is 16.7 Å². The van der Waals surface area contributed by atoms with E-state index in [0.717, 1.165) is 16.0 Å². The zero-order chi connectivity index (χ0) is 22.1. The lowest BCUT2D eigenvalue weighted by Gasteiger charge is -2.12. The third kappa shape index (κ3) is 3.94. The first-order valence-electron chi connectivity index (χ1n) is 9.87. The number of aromatic nitrogens is 2. The summed E-state index contributed by atoms with van der Waals surface area (Å²) in [7, 11) is 0. The van der Waals surface area contributed by atoms with E-state index in [0.29, 0.717) is 22.2 Å². The van der Waals surface area contributed by atoms with Crippen molar-refractivity contribution < 1.29 is 4.92 Å². The molecule has 0 fully saturated rings. The Hall–Kier alpha value is -3.52. The SMILES string of the molecule is Cc1sc2c(c1C)c(=O)n(CCc1ccccc1)c(=O)n2Cc1cccc([N+](=O)[O-])c1. The molecule has 0 bridgehead atoms. The van der Waals surface area contributed by atoms with Crippen molar-refractivity contribution in [2.45, 2.75) is 33.4 Å². The van der Waals surface area contributed by atoms with Crippen LogP contribution < -0.4 is 11.2 Å². The summed E-state index contributed by atoms with van der Waals surface area (Å²) in [5.74, 6) is 0. The first-order valence-corrected chi connectivity index (χ1v) is 10.7. The molecule has 8 heteroatoms. The van der Waals surface area contributed by atoms with Gasteiger partial charge in [0, 0.05) is 23.6 Å². The standard InChI is InChI=1S/C23H21N3O4S/c1-15-16(2)31-22-20(15)21(27)24(12-11-17-7-4-3-5-8-17)23(28)25(22)14-18-9-6-10-19(13-18)26(29)30/h3-10,13H,11-12,14H2,1-2H3. The number of non-ortho nitro benzene ring substituents is 1. The zero-order valence-corrected chi connectivity index (χ0v) is 18.0. The van der Waals surface area contributed by atoms with Gasteiger partial charge in [-0.3, -0.25) is 24.0 Å². The van der Waals surface area contributed by atoms with E-state index in [1.165, 1.54) is 28.0 Å². The van der Waals surface area contributed by atoms with Crippen molar-refractivity contribution in [2.24, 2.45) is 0 Å². The van der Waals surface area contributed by atoms with Crippen LogP contribution in [0, 0.1) is 24.0 Å². The molecule has 4 aromatic rings. The van der Waals surface area contributed by atoms with E-state index >= 15 is 0 Å². The van der Waals surface area contributed by atoms with Gasteiger partial charge in [0.05, 0.1) is 16.9 Å². The average Bonchev–Trinajstić information content (AvgIpc) is 3.06. The number of nitro groups is 1. The molecule has 0 atom stereocenters. The molecule has 31 heavy (non-hydrogen) atoms. The van der Waals surface area contributed by atoms with Crippen LogP contribution in [0.25, 0.3) is 10.2 Å². The molecule has 0 aliphatic heterocycles. The minimum Gasteiger partial charge on any atom is -0.280 e. The van der Waals surface area contributed by atoms with Crippen molar-refractivity contribution in [3.05, 3.63) is 107 Å². The summed E-state index contributed by atoms with van der Waals surface area (Å²) in [4.78, 5) is 38.9. The summed E-state index contributed by atoms with van der Waals surface area (Å²) in [6, 6.07) is 15.9. The van der Waals surface area contributed by atoms with E-state index in [2.05, 4.69) is 0 Å². The van der Waals surface area contributed by atoms with Crippen molar-refractivity contribution in [2.75, 3.05) is 0 Å². The smallest absolute Gasteiger partial charge is 0.280 e. The Kier molecular flexibility index (Phi) is 5.56. The molecular weight excluding hydrogens is 414 g/mol. The van der Waals surface area contributed by atoms with Crippen LogP contribution in [0.1, 0.15) is 21.6 Å². The van der Waals surface area contributed by atoms with Gasteiger partial charge in [0.25, 0.3) is 11.2 Å². The molecular formula is C23H21N3O4S. The predicted octanol–water partition coefficient (Wildman–Crippen LogP) is 4.04. The van der Waals surface area contributed by atoms with E-state index in [1.807, 2.05) is 44.2 Å². The van der Waals surface area contributed by atoms with Gasteiger partial charge in [-0.05, 0) is 37.0 Å². The molecule has 0 N–H and O–H groups in total. The molecule has 0 aliphatic rings. The summed E-state index contributed by atoms with van der Waals surface area (Å²) in [6.07, 6.45) is 0.556. The number of thiophene rings is 1. The van der Waals surface area contributed by atoms with Crippen LogP contribution >= 0.6 is 11.3 Å². The summed E-state index contributed by atoms with van der Waals surface area (Å²) in [6.45, 7) is 4.23. The second-order valence-corrected chi connectivity index (χ2v) is 8.65. The molecule has 2 heterocycles. The molecule has 0 unspecified atom stereocenters. The first kappa shape index (κ1) is 20.7. The van der Waals surface area contributed by atoms with Gasteiger partial charge in [0.15, 0.2) is 0 Å². The third-order valence-corrected chi connectivity index (χ3v) is 6.69. The summed E-state index contributed by atoms with van der Waals surface area (Å²) >= 11 is 1.40. The number of hydrogen-bond acceptors (Lipinski definition) is 5. The Morgan fingerprint density at radius 1 is 0.968 bits per heavy atom. The molecule has 0 amide bonds. The summed E-state index contributed by atoms with van der Waals surface area (Å²) in [5.41, 5.74) is 1.82. The van der Waals surface area contributed by atoms with Crippen LogP contribution in [0.15, 0.2) is 64.2 Å². The lowest BCUT2D eigenvalue weighted by Crippen LogP contribution is -2.40. The molecule has 2 aromatic carbocycles. The maximum atomic E-state index is 13.4. The molecule has 0 spiro atoms. The average molecular weight is 436 g/mol. The van der Waals surface area contributed by atoms with Crippen LogP contribution in [-0.2, 0) is 19.5 Å². The highest BCUT2D eigenvalue weighted by atomic mass is 32.1. The van der Waals surface area contributed by atoms with E-state index in [4.69, 9.17) is 0 Å². The van der Waals surface area contributed by atoms with Gasteiger partial charge in [-0.15, -0.1) is 11.3 Å². The Morgan fingerprint density at radius 3 is 2.39 bits per heavy atom. The van der Waals surface area contributed by atoms with Crippen molar-refractivity contribution in [3.63, 3.8) is 0 Å². The maximum Gasteiger partial charge on any atom is 0.332 e. The highest BCUT2D eigenvalue weighted by Gasteiger charge is 2.19. The quantitative estimate of drug-likeness (QED) is 0.338. The Balaban J connectivity index is 1.85. The van der Waals surface area contributed by atoms with Gasteiger partial charge >= 0.3 is 5.69 Å². The number of rotatable bonds is 6. The Bertz CT molecular complexity index is 1400. The van der Waals surface area contributed by atoms with Crippen LogP contribution in [0.4, 0.5) is 5.69 Å². The highest BCUT2D eigenvalue weighted by Crippen LogP contribution is 2.27. The van der Waals surface area contributed by atoms with Crippen molar-refractivity contribution in [3.8, 4) is 0 Å². The van der Waals surface area contributed by atoms with E-state index in [-0.39, 0.29) is 24.3 Å². The largest absolute Gasteiger partial charge is 0.332 e. The van der Waals surface area contributed by atoms with Gasteiger partial charge in [-0.1, -0.05) is 42.5 Å². The van der Waals surface area contributed by atoms with Crippen LogP contribution in [0.3, 0.4) is 0 Å². The highest BCUT2D eigenvalue weighted by molar-refractivity contribution is 7.18. The molecule has 4 rings (SSSR count). The lowest BCUT2D eigenvalue weighted by molar-refractivity contribution is -0.384. The monoisotopic (exact) mass is 435 g/mol. The van der Waals surface area contributed by atoms with Crippen molar-refractivity contribution in [1.29, 1.82) is 0 Å². The number of aryl methyl sites for hydroxylation is 3. The van der Waals surface area contributed by atoms with Crippen LogP contribution in [-0.4, -0.2) is 14.1 Å². The van der Waals surface area contributed by atoms with Crippen molar-refractivity contribution >= 4 is 27.2 Å². The zero-order valence-electron chi connectivity index (χ0n) is 17.2. The Morgan fingerprint density at radius 2 is 1.68 bits per heavy atom. The van der Waals surface area contributed by atoms with Gasteiger partial charge in [-0.25, -0.2) is 4.79 Å². The first-order chi connectivity index (χ1) is 14.9. The molecule has 158 valence electrons. The summed E-state index contributed by atoms with van der Waals surface area (Å²) in [5, 5.41) is 11.7. The fourth-order valence-corrected chi connectivity index (χ4v) is 4.82.